The van der Waals surface area contributed by atoms with E-state index < -0.39 is 35.7 Å². The summed E-state index contributed by atoms with van der Waals surface area (Å²) < 4.78 is 39.6. The van der Waals surface area contributed by atoms with Crippen LogP contribution in [0.25, 0.3) is 0 Å². The van der Waals surface area contributed by atoms with Crippen LogP contribution >= 0.6 is 11.8 Å². The molecule has 7 heteroatoms. The lowest BCUT2D eigenvalue weighted by Gasteiger charge is -2.40. The molecule has 1 aliphatic carbocycles. The summed E-state index contributed by atoms with van der Waals surface area (Å²) in [5, 5.41) is 11.4. The fourth-order valence-electron chi connectivity index (χ4n) is 4.55. The Morgan fingerprint density at radius 2 is 1.88 bits per heavy atom. The topological polar surface area (TPSA) is 55.8 Å². The van der Waals surface area contributed by atoms with E-state index in [1.54, 1.807) is 30.8 Å². The van der Waals surface area contributed by atoms with Gasteiger partial charge in [-0.3, -0.25) is 4.79 Å². The van der Waals surface area contributed by atoms with E-state index in [2.05, 4.69) is 0 Å². The van der Waals surface area contributed by atoms with Crippen LogP contribution in [0.3, 0.4) is 0 Å². The number of aliphatic hydroxyl groups excluding tert-OH is 1. The highest BCUT2D eigenvalue weighted by Crippen LogP contribution is 2.44. The lowest BCUT2D eigenvalue weighted by molar-refractivity contribution is -0.152. The fourth-order valence-corrected chi connectivity index (χ4v) is 4.96. The number of aliphatic hydroxyl groups is 1. The van der Waals surface area contributed by atoms with Gasteiger partial charge in [0.05, 0.1) is 25.9 Å². The van der Waals surface area contributed by atoms with Gasteiger partial charge in [0.2, 0.25) is 5.92 Å². The summed E-state index contributed by atoms with van der Waals surface area (Å²) >= 11 is 1.57. The maximum atomic E-state index is 14.3. The van der Waals surface area contributed by atoms with E-state index in [-0.39, 0.29) is 32.5 Å². The first kappa shape index (κ1) is 25.7. The summed E-state index contributed by atoms with van der Waals surface area (Å²) in [4.78, 5) is 13.9. The number of esters is 1. The van der Waals surface area contributed by atoms with Crippen LogP contribution in [0.1, 0.15) is 43.2 Å². The minimum atomic E-state index is -2.81. The van der Waals surface area contributed by atoms with Gasteiger partial charge in [-0.05, 0) is 54.7 Å². The van der Waals surface area contributed by atoms with Gasteiger partial charge in [0.15, 0.2) is 0 Å². The molecule has 1 saturated carbocycles. The predicted molar refractivity (Wildman–Crippen MR) is 125 cm³/mol. The molecular formula is C26H32F2O4S. The molecule has 2 aromatic carbocycles. The van der Waals surface area contributed by atoms with Crippen molar-refractivity contribution in [3.05, 3.63) is 65.7 Å². The number of ether oxygens (including phenoxy) is 2. The molecule has 1 N–H and O–H groups in total. The highest BCUT2D eigenvalue weighted by Gasteiger charge is 2.47. The highest BCUT2D eigenvalue weighted by atomic mass is 32.2. The van der Waals surface area contributed by atoms with Crippen LogP contribution in [0, 0.1) is 11.8 Å². The average molecular weight is 479 g/mol. The molecule has 1 aliphatic rings. The van der Waals surface area contributed by atoms with Crippen molar-refractivity contribution in [1.82, 2.24) is 0 Å². The van der Waals surface area contributed by atoms with Crippen LogP contribution in [0.2, 0.25) is 0 Å². The molecule has 0 spiro atoms. The number of carbonyl (C=O) groups excluding carboxylic acids is 1. The van der Waals surface area contributed by atoms with E-state index in [9.17, 15) is 18.7 Å². The number of carbonyl (C=O) groups is 1. The Morgan fingerprint density at radius 1 is 1.18 bits per heavy atom. The minimum absolute atomic E-state index is 0.0904. The second-order valence-electron chi connectivity index (χ2n) is 8.52. The van der Waals surface area contributed by atoms with Crippen LogP contribution in [-0.2, 0) is 20.9 Å². The Kier molecular flexibility index (Phi) is 9.29. The van der Waals surface area contributed by atoms with Crippen molar-refractivity contribution in [2.75, 3.05) is 19.5 Å². The van der Waals surface area contributed by atoms with Gasteiger partial charge in [0.1, 0.15) is 5.92 Å². The van der Waals surface area contributed by atoms with Crippen LogP contribution in [0.4, 0.5) is 8.78 Å². The summed E-state index contributed by atoms with van der Waals surface area (Å²) in [5.74, 6) is -5.36. The first-order chi connectivity index (χ1) is 15.8. The number of hydrogen-bond donors (Lipinski definition) is 1. The van der Waals surface area contributed by atoms with Gasteiger partial charge >= 0.3 is 5.97 Å². The number of benzene rings is 2. The van der Waals surface area contributed by atoms with Gasteiger partial charge in [-0.1, -0.05) is 42.5 Å². The Bertz CT molecular complexity index is 876. The second-order valence-corrected chi connectivity index (χ2v) is 9.40. The van der Waals surface area contributed by atoms with Crippen LogP contribution in [0.15, 0.2) is 59.5 Å². The number of rotatable bonds is 10. The van der Waals surface area contributed by atoms with Crippen LogP contribution in [0.5, 0.6) is 0 Å². The van der Waals surface area contributed by atoms with Crippen LogP contribution < -0.4 is 0 Å². The number of hydrogen-bond acceptors (Lipinski definition) is 5. The molecule has 0 aliphatic heterocycles. The van der Waals surface area contributed by atoms with E-state index in [1.165, 1.54) is 0 Å². The van der Waals surface area contributed by atoms with Gasteiger partial charge in [-0.15, -0.1) is 11.8 Å². The quantitative estimate of drug-likeness (QED) is 0.351. The standard InChI is InChI=1S/C26H32F2O4S/c1-3-32-25(30)23(19-9-11-21(33-2)12-10-19)24(29)22-13-14-26(27,28)15-20(22)17-31-16-18-7-5-4-6-8-18/h4-12,20,22-24,29H,3,13-17H2,1-2H3/t20-,22+,23?,24?/m0/s1. The van der Waals surface area contributed by atoms with Crippen molar-refractivity contribution in [2.45, 2.75) is 55.6 Å². The zero-order valence-corrected chi connectivity index (χ0v) is 19.9. The molecule has 0 aromatic heterocycles. The van der Waals surface area contributed by atoms with Gasteiger partial charge in [0, 0.05) is 17.7 Å². The van der Waals surface area contributed by atoms with Gasteiger partial charge in [-0.2, -0.15) is 0 Å². The zero-order chi connectivity index (χ0) is 23.8. The molecule has 2 unspecified atom stereocenters. The van der Waals surface area contributed by atoms with E-state index in [4.69, 9.17) is 9.47 Å². The minimum Gasteiger partial charge on any atom is -0.465 e. The molecule has 0 bridgehead atoms. The summed E-state index contributed by atoms with van der Waals surface area (Å²) in [6.45, 7) is 2.28. The molecule has 4 nitrogen and oxygen atoms in total. The molecule has 0 radical (unpaired) electrons. The Morgan fingerprint density at radius 3 is 2.52 bits per heavy atom. The molecule has 180 valence electrons. The molecule has 4 atom stereocenters. The molecule has 33 heavy (non-hydrogen) atoms. The molecule has 2 aromatic rings. The third-order valence-corrected chi connectivity index (χ3v) is 6.99. The summed E-state index contributed by atoms with van der Waals surface area (Å²) in [6.07, 6.45) is 0.238. The van der Waals surface area contributed by atoms with Crippen molar-refractivity contribution in [3.8, 4) is 0 Å². The smallest absolute Gasteiger partial charge is 0.316 e. The normalized spacial score (nSPS) is 21.8. The maximum absolute atomic E-state index is 14.3. The van der Waals surface area contributed by atoms with E-state index in [1.807, 2.05) is 48.7 Å². The molecule has 1 fully saturated rings. The van der Waals surface area contributed by atoms with E-state index in [0.717, 1.165) is 10.5 Å². The summed E-state index contributed by atoms with van der Waals surface area (Å²) in [6, 6.07) is 16.9. The molecule has 0 heterocycles. The van der Waals surface area contributed by atoms with Crippen molar-refractivity contribution in [2.24, 2.45) is 11.8 Å². The lowest BCUT2D eigenvalue weighted by Crippen LogP contribution is -2.44. The molecule has 3 rings (SSSR count). The van der Waals surface area contributed by atoms with E-state index >= 15 is 0 Å². The first-order valence-corrected chi connectivity index (χ1v) is 12.5. The fraction of sp³-hybridized carbons (Fsp3) is 0.500. The predicted octanol–water partition coefficient (Wildman–Crippen LogP) is 5.68. The Balaban J connectivity index is 1.79. The Labute approximate surface area is 198 Å². The van der Waals surface area contributed by atoms with Gasteiger partial charge in [-0.25, -0.2) is 8.78 Å². The largest absolute Gasteiger partial charge is 0.465 e. The second kappa shape index (κ2) is 12.0. The summed E-state index contributed by atoms with van der Waals surface area (Å²) in [7, 11) is 0. The third-order valence-electron chi connectivity index (χ3n) is 6.25. The first-order valence-electron chi connectivity index (χ1n) is 11.3. The van der Waals surface area contributed by atoms with Crippen molar-refractivity contribution in [1.29, 1.82) is 0 Å². The van der Waals surface area contributed by atoms with Crippen molar-refractivity contribution < 1.29 is 28.2 Å². The number of thioether (sulfide) groups is 1. The van der Waals surface area contributed by atoms with Gasteiger partial charge < -0.3 is 14.6 Å². The van der Waals surface area contributed by atoms with E-state index in [0.29, 0.717) is 12.2 Å². The highest BCUT2D eigenvalue weighted by molar-refractivity contribution is 7.98. The zero-order valence-electron chi connectivity index (χ0n) is 19.1. The maximum Gasteiger partial charge on any atom is 0.316 e. The van der Waals surface area contributed by atoms with Crippen LogP contribution in [-0.4, -0.2) is 42.6 Å². The molecular weight excluding hydrogens is 446 g/mol. The third kappa shape index (κ3) is 7.01. The molecule has 0 saturated heterocycles. The van der Waals surface area contributed by atoms with Crippen molar-refractivity contribution >= 4 is 17.7 Å². The Hall–Kier alpha value is -1.96. The van der Waals surface area contributed by atoms with Crippen molar-refractivity contribution in [3.63, 3.8) is 0 Å². The van der Waals surface area contributed by atoms with Gasteiger partial charge in [0.25, 0.3) is 0 Å². The average Bonchev–Trinajstić information content (AvgIpc) is 2.80. The monoisotopic (exact) mass is 478 g/mol. The summed E-state index contributed by atoms with van der Waals surface area (Å²) in [5.41, 5.74) is 1.58. The number of halogens is 2. The number of alkyl halides is 2. The lowest BCUT2D eigenvalue weighted by atomic mass is 9.71. The SMILES string of the molecule is CCOC(=O)C(c1ccc(SC)cc1)C(O)[C@@H]1CCC(F)(F)C[C@H]1COCc1ccccc1. The molecule has 0 amide bonds.